The van der Waals surface area contributed by atoms with E-state index in [-0.39, 0.29) is 12.4 Å². The van der Waals surface area contributed by atoms with Gasteiger partial charge in [-0.25, -0.2) is 9.37 Å². The van der Waals surface area contributed by atoms with Crippen LogP contribution in [0.3, 0.4) is 0 Å². The second-order valence-corrected chi connectivity index (χ2v) is 4.49. The van der Waals surface area contributed by atoms with Crippen LogP contribution in [0, 0.1) is 5.82 Å². The van der Waals surface area contributed by atoms with Crippen LogP contribution in [0.1, 0.15) is 16.8 Å². The van der Waals surface area contributed by atoms with E-state index in [9.17, 15) is 4.39 Å². The average molecular weight is 256 g/mol. The van der Waals surface area contributed by atoms with Gasteiger partial charge in [0.05, 0.1) is 12.3 Å². The van der Waals surface area contributed by atoms with Crippen LogP contribution in [-0.4, -0.2) is 14.5 Å². The lowest BCUT2D eigenvalue weighted by Gasteiger charge is -1.96. The summed E-state index contributed by atoms with van der Waals surface area (Å²) < 4.78 is 14.7. The first-order valence-corrected chi connectivity index (χ1v) is 6.06. The van der Waals surface area contributed by atoms with Crippen LogP contribution in [0.2, 0.25) is 0 Å². The molecule has 3 nitrogen and oxygen atoms in total. The molecule has 3 rings (SSSR count). The maximum absolute atomic E-state index is 12.8. The minimum absolute atomic E-state index is 0.0106. The van der Waals surface area contributed by atoms with E-state index in [1.54, 1.807) is 12.1 Å². The molecule has 0 atom stereocenters. The molecule has 0 radical (unpaired) electrons. The van der Waals surface area contributed by atoms with Crippen molar-refractivity contribution in [3.8, 4) is 0 Å². The van der Waals surface area contributed by atoms with Gasteiger partial charge in [0, 0.05) is 18.8 Å². The molecule has 0 aliphatic heterocycles. The molecule has 2 aromatic heterocycles. The average Bonchev–Trinajstić information content (AvgIpc) is 2.82. The zero-order valence-electron chi connectivity index (χ0n) is 10.3. The SMILES string of the molecule is OCc1ccn2cc(Cc3ccc(F)cc3)nc2c1. The quantitative estimate of drug-likeness (QED) is 0.782. The van der Waals surface area contributed by atoms with Crippen molar-refractivity contribution < 1.29 is 9.50 Å². The first-order valence-electron chi connectivity index (χ1n) is 6.06. The molecule has 0 spiro atoms. The topological polar surface area (TPSA) is 37.5 Å². The van der Waals surface area contributed by atoms with E-state index >= 15 is 0 Å². The van der Waals surface area contributed by atoms with Crippen LogP contribution in [0.4, 0.5) is 4.39 Å². The summed E-state index contributed by atoms with van der Waals surface area (Å²) in [6, 6.07) is 10.1. The minimum atomic E-state index is -0.230. The van der Waals surface area contributed by atoms with Crippen molar-refractivity contribution in [1.29, 1.82) is 0 Å². The molecule has 0 bridgehead atoms. The largest absolute Gasteiger partial charge is 0.392 e. The summed E-state index contributed by atoms with van der Waals surface area (Å²) in [4.78, 5) is 4.50. The van der Waals surface area contributed by atoms with Crippen molar-refractivity contribution in [1.82, 2.24) is 9.38 Å². The van der Waals surface area contributed by atoms with Gasteiger partial charge in [-0.2, -0.15) is 0 Å². The molecule has 0 fully saturated rings. The Bertz CT molecular complexity index is 704. The summed E-state index contributed by atoms with van der Waals surface area (Å²) in [7, 11) is 0. The van der Waals surface area contributed by atoms with Crippen LogP contribution >= 0.6 is 0 Å². The molecule has 0 aliphatic rings. The summed E-state index contributed by atoms with van der Waals surface area (Å²) in [6.45, 7) is 0.0106. The predicted molar refractivity (Wildman–Crippen MR) is 70.3 cm³/mol. The number of hydrogen-bond donors (Lipinski definition) is 1. The van der Waals surface area contributed by atoms with Gasteiger partial charge < -0.3 is 9.51 Å². The van der Waals surface area contributed by atoms with Gasteiger partial charge in [0.1, 0.15) is 11.5 Å². The maximum atomic E-state index is 12.8. The van der Waals surface area contributed by atoms with E-state index in [4.69, 9.17) is 5.11 Å². The lowest BCUT2D eigenvalue weighted by Crippen LogP contribution is -1.88. The van der Waals surface area contributed by atoms with Gasteiger partial charge in [0.15, 0.2) is 0 Å². The van der Waals surface area contributed by atoms with Gasteiger partial charge in [0.2, 0.25) is 0 Å². The number of benzene rings is 1. The van der Waals surface area contributed by atoms with Gasteiger partial charge in [-0.3, -0.25) is 0 Å². The van der Waals surface area contributed by atoms with Crippen molar-refractivity contribution in [2.75, 3.05) is 0 Å². The lowest BCUT2D eigenvalue weighted by molar-refractivity contribution is 0.282. The van der Waals surface area contributed by atoms with Crippen LogP contribution in [-0.2, 0) is 13.0 Å². The molecule has 2 heterocycles. The Morgan fingerprint density at radius 2 is 1.89 bits per heavy atom. The summed E-state index contributed by atoms with van der Waals surface area (Å²) in [5.41, 5.74) is 3.59. The molecule has 3 aromatic rings. The van der Waals surface area contributed by atoms with E-state index in [1.165, 1.54) is 12.1 Å². The molecule has 19 heavy (non-hydrogen) atoms. The molecule has 1 aromatic carbocycles. The molecule has 96 valence electrons. The smallest absolute Gasteiger partial charge is 0.137 e. The molecular formula is C15H13FN2O. The number of hydrogen-bond acceptors (Lipinski definition) is 2. The highest BCUT2D eigenvalue weighted by Gasteiger charge is 2.04. The lowest BCUT2D eigenvalue weighted by atomic mass is 10.1. The zero-order valence-corrected chi connectivity index (χ0v) is 10.3. The third kappa shape index (κ3) is 2.48. The Morgan fingerprint density at radius 3 is 2.63 bits per heavy atom. The first kappa shape index (κ1) is 11.9. The van der Waals surface area contributed by atoms with Crippen molar-refractivity contribution in [3.05, 3.63) is 71.4 Å². The molecule has 0 unspecified atom stereocenters. The van der Waals surface area contributed by atoms with Crippen LogP contribution < -0.4 is 0 Å². The van der Waals surface area contributed by atoms with Crippen molar-refractivity contribution in [2.45, 2.75) is 13.0 Å². The molecule has 1 N–H and O–H groups in total. The van der Waals surface area contributed by atoms with Crippen LogP contribution in [0.25, 0.3) is 5.65 Å². The van der Waals surface area contributed by atoms with Gasteiger partial charge >= 0.3 is 0 Å². The second-order valence-electron chi connectivity index (χ2n) is 4.49. The Balaban J connectivity index is 1.90. The minimum Gasteiger partial charge on any atom is -0.392 e. The number of aliphatic hydroxyl groups excluding tert-OH is 1. The summed E-state index contributed by atoms with van der Waals surface area (Å²) in [6.07, 6.45) is 4.48. The fourth-order valence-electron chi connectivity index (χ4n) is 2.07. The number of aromatic nitrogens is 2. The Kier molecular flexibility index (Phi) is 3.01. The highest BCUT2D eigenvalue weighted by molar-refractivity contribution is 5.43. The van der Waals surface area contributed by atoms with E-state index in [0.717, 1.165) is 22.5 Å². The van der Waals surface area contributed by atoms with E-state index < -0.39 is 0 Å². The number of pyridine rings is 1. The van der Waals surface area contributed by atoms with Crippen LogP contribution in [0.15, 0.2) is 48.8 Å². The number of nitrogens with zero attached hydrogens (tertiary/aromatic N) is 2. The fraction of sp³-hybridized carbons (Fsp3) is 0.133. The highest BCUT2D eigenvalue weighted by Crippen LogP contribution is 2.13. The molecule has 0 aliphatic carbocycles. The monoisotopic (exact) mass is 256 g/mol. The van der Waals surface area contributed by atoms with E-state index in [1.807, 2.05) is 28.9 Å². The number of fused-ring (bicyclic) bond motifs is 1. The van der Waals surface area contributed by atoms with Gasteiger partial charge in [-0.15, -0.1) is 0 Å². The first-order chi connectivity index (χ1) is 9.24. The highest BCUT2D eigenvalue weighted by atomic mass is 19.1. The normalized spacial score (nSPS) is 11.1. The fourth-order valence-corrected chi connectivity index (χ4v) is 2.07. The Hall–Kier alpha value is -2.20. The molecule has 4 heteroatoms. The van der Waals surface area contributed by atoms with Crippen LogP contribution in [0.5, 0.6) is 0 Å². The Morgan fingerprint density at radius 1 is 1.11 bits per heavy atom. The number of halogens is 1. The van der Waals surface area contributed by atoms with Gasteiger partial charge in [0.25, 0.3) is 0 Å². The summed E-state index contributed by atoms with van der Waals surface area (Å²) in [5, 5.41) is 9.09. The number of aliphatic hydroxyl groups is 1. The van der Waals surface area contributed by atoms with Gasteiger partial charge in [-0.1, -0.05) is 12.1 Å². The van der Waals surface area contributed by atoms with E-state index in [2.05, 4.69) is 4.98 Å². The summed E-state index contributed by atoms with van der Waals surface area (Å²) >= 11 is 0. The van der Waals surface area contributed by atoms with Crippen molar-refractivity contribution in [3.63, 3.8) is 0 Å². The molecule has 0 saturated heterocycles. The van der Waals surface area contributed by atoms with Crippen molar-refractivity contribution in [2.24, 2.45) is 0 Å². The zero-order chi connectivity index (χ0) is 13.2. The standard InChI is InChI=1S/C15H13FN2O/c16-13-3-1-11(2-4-13)7-14-9-18-6-5-12(10-19)8-15(18)17-14/h1-6,8-9,19H,7,10H2. The van der Waals surface area contributed by atoms with E-state index in [0.29, 0.717) is 6.42 Å². The molecular weight excluding hydrogens is 243 g/mol. The van der Waals surface area contributed by atoms with Gasteiger partial charge in [-0.05, 0) is 35.4 Å². The predicted octanol–water partition coefficient (Wildman–Crippen LogP) is 2.56. The molecule has 0 amide bonds. The Labute approximate surface area is 110 Å². The second kappa shape index (κ2) is 4.82. The van der Waals surface area contributed by atoms with Crippen molar-refractivity contribution >= 4 is 5.65 Å². The summed E-state index contributed by atoms with van der Waals surface area (Å²) in [5.74, 6) is -0.230. The third-order valence-electron chi connectivity index (χ3n) is 3.06. The maximum Gasteiger partial charge on any atom is 0.137 e. The molecule has 0 saturated carbocycles. The third-order valence-corrected chi connectivity index (χ3v) is 3.06. The number of rotatable bonds is 3. The number of imidazole rings is 1.